The molecule has 0 aliphatic carbocycles. The molecule has 2 atom stereocenters. The van der Waals surface area contributed by atoms with Crippen LogP contribution in [-0.2, 0) is 18.2 Å². The number of aromatic nitrogens is 2. The number of aryl methyl sites for hydroxylation is 2. The van der Waals surface area contributed by atoms with Crippen molar-refractivity contribution in [1.29, 1.82) is 0 Å². The van der Waals surface area contributed by atoms with E-state index in [9.17, 15) is 5.11 Å². The molecule has 4 nitrogen and oxygen atoms in total. The van der Waals surface area contributed by atoms with E-state index in [1.807, 2.05) is 37.9 Å². The highest BCUT2D eigenvalue weighted by Gasteiger charge is 2.42. The van der Waals surface area contributed by atoms with Crippen molar-refractivity contribution in [3.05, 3.63) is 18.2 Å². The summed E-state index contributed by atoms with van der Waals surface area (Å²) in [5.41, 5.74) is -0.877. The Morgan fingerprint density at radius 2 is 2.33 bits per heavy atom. The minimum absolute atomic E-state index is 0.0520. The summed E-state index contributed by atoms with van der Waals surface area (Å²) in [6.07, 6.45) is 7.54. The van der Waals surface area contributed by atoms with Crippen LogP contribution in [0.2, 0.25) is 0 Å². The van der Waals surface area contributed by atoms with Crippen molar-refractivity contribution in [2.75, 3.05) is 0 Å². The van der Waals surface area contributed by atoms with Gasteiger partial charge in [-0.05, 0) is 40.0 Å². The Kier molecular flexibility index (Phi) is 3.52. The van der Waals surface area contributed by atoms with Crippen LogP contribution < -0.4 is 0 Å². The van der Waals surface area contributed by atoms with Gasteiger partial charge in [-0.2, -0.15) is 0 Å². The predicted octanol–water partition coefficient (Wildman–Crippen LogP) is 2.06. The van der Waals surface area contributed by atoms with E-state index in [1.54, 1.807) is 0 Å². The van der Waals surface area contributed by atoms with Gasteiger partial charge in [0.15, 0.2) is 0 Å². The summed E-state index contributed by atoms with van der Waals surface area (Å²) in [5, 5.41) is 10.0. The quantitative estimate of drug-likeness (QED) is 0.892. The number of ether oxygens (including phenoxy) is 1. The maximum absolute atomic E-state index is 10.0. The third kappa shape index (κ3) is 2.93. The molecule has 18 heavy (non-hydrogen) atoms. The van der Waals surface area contributed by atoms with Gasteiger partial charge in [0, 0.05) is 25.9 Å². The first-order valence-electron chi connectivity index (χ1n) is 6.67. The first-order chi connectivity index (χ1) is 8.30. The molecule has 102 valence electrons. The van der Waals surface area contributed by atoms with Crippen LogP contribution in [0, 0.1) is 0 Å². The SMILES string of the molecule is Cn1ccnc1CCC1(C)CCC(C(C)(C)O)O1. The lowest BCUT2D eigenvalue weighted by molar-refractivity contribution is -0.117. The van der Waals surface area contributed by atoms with E-state index in [4.69, 9.17) is 4.74 Å². The van der Waals surface area contributed by atoms with Crippen molar-refractivity contribution in [1.82, 2.24) is 9.55 Å². The molecule has 4 heteroatoms. The Morgan fingerprint density at radius 1 is 1.61 bits per heavy atom. The van der Waals surface area contributed by atoms with E-state index >= 15 is 0 Å². The topological polar surface area (TPSA) is 47.3 Å². The summed E-state index contributed by atoms with van der Waals surface area (Å²) < 4.78 is 8.11. The van der Waals surface area contributed by atoms with Crippen LogP contribution in [0.15, 0.2) is 12.4 Å². The van der Waals surface area contributed by atoms with Crippen molar-refractivity contribution >= 4 is 0 Å². The molecule has 1 N–H and O–H groups in total. The van der Waals surface area contributed by atoms with Gasteiger partial charge in [-0.25, -0.2) is 4.98 Å². The van der Waals surface area contributed by atoms with Gasteiger partial charge in [-0.1, -0.05) is 0 Å². The summed E-state index contributed by atoms with van der Waals surface area (Å²) >= 11 is 0. The first kappa shape index (κ1) is 13.6. The average Bonchev–Trinajstić information content (AvgIpc) is 2.82. The molecule has 0 aromatic carbocycles. The molecule has 0 radical (unpaired) electrons. The van der Waals surface area contributed by atoms with Crippen LogP contribution in [0.25, 0.3) is 0 Å². The molecule has 0 saturated carbocycles. The summed E-state index contributed by atoms with van der Waals surface area (Å²) in [4.78, 5) is 4.33. The summed E-state index contributed by atoms with van der Waals surface area (Å²) in [7, 11) is 2.01. The van der Waals surface area contributed by atoms with Crippen LogP contribution in [-0.4, -0.2) is 32.0 Å². The molecule has 0 amide bonds. The maximum Gasteiger partial charge on any atom is 0.108 e. The minimum atomic E-state index is -0.749. The van der Waals surface area contributed by atoms with Crippen molar-refractivity contribution < 1.29 is 9.84 Å². The summed E-state index contributed by atoms with van der Waals surface area (Å²) in [6.45, 7) is 5.78. The molecule has 1 aliphatic heterocycles. The fourth-order valence-corrected chi connectivity index (χ4v) is 2.59. The Morgan fingerprint density at radius 3 is 2.83 bits per heavy atom. The van der Waals surface area contributed by atoms with Crippen LogP contribution in [0.1, 0.15) is 45.9 Å². The van der Waals surface area contributed by atoms with Gasteiger partial charge >= 0.3 is 0 Å². The lowest BCUT2D eigenvalue weighted by Crippen LogP contribution is -2.38. The van der Waals surface area contributed by atoms with Crippen molar-refractivity contribution in [3.8, 4) is 0 Å². The fourth-order valence-electron chi connectivity index (χ4n) is 2.59. The number of aliphatic hydroxyl groups is 1. The average molecular weight is 252 g/mol. The molecule has 1 aliphatic rings. The number of hydrogen-bond acceptors (Lipinski definition) is 3. The van der Waals surface area contributed by atoms with Crippen LogP contribution >= 0.6 is 0 Å². The van der Waals surface area contributed by atoms with Crippen LogP contribution in [0.4, 0.5) is 0 Å². The molecule has 1 aromatic rings. The second kappa shape index (κ2) is 4.67. The Labute approximate surface area is 109 Å². The van der Waals surface area contributed by atoms with Crippen molar-refractivity contribution in [3.63, 3.8) is 0 Å². The molecule has 1 saturated heterocycles. The summed E-state index contributed by atoms with van der Waals surface area (Å²) in [6, 6.07) is 0. The van der Waals surface area contributed by atoms with E-state index in [0.717, 1.165) is 31.5 Å². The molecular weight excluding hydrogens is 228 g/mol. The van der Waals surface area contributed by atoms with E-state index in [0.29, 0.717) is 0 Å². The summed E-state index contributed by atoms with van der Waals surface area (Å²) in [5.74, 6) is 1.09. The number of nitrogens with zero attached hydrogens (tertiary/aromatic N) is 2. The minimum Gasteiger partial charge on any atom is -0.388 e. The smallest absolute Gasteiger partial charge is 0.108 e. The van der Waals surface area contributed by atoms with Gasteiger partial charge in [-0.15, -0.1) is 0 Å². The second-order valence-electron chi connectivity index (χ2n) is 6.20. The Bertz CT molecular complexity index is 408. The van der Waals surface area contributed by atoms with E-state index < -0.39 is 5.60 Å². The van der Waals surface area contributed by atoms with Gasteiger partial charge in [0.25, 0.3) is 0 Å². The molecule has 0 spiro atoms. The lowest BCUT2D eigenvalue weighted by Gasteiger charge is -2.30. The van der Waals surface area contributed by atoms with Gasteiger partial charge in [-0.3, -0.25) is 0 Å². The monoisotopic (exact) mass is 252 g/mol. The molecule has 2 unspecified atom stereocenters. The number of hydrogen-bond donors (Lipinski definition) is 1. The molecule has 1 fully saturated rings. The van der Waals surface area contributed by atoms with Gasteiger partial charge in [0.1, 0.15) is 5.82 Å². The molecule has 2 rings (SSSR count). The molecular formula is C14H24N2O2. The highest BCUT2D eigenvalue weighted by Crippen LogP contribution is 2.37. The zero-order valence-corrected chi connectivity index (χ0v) is 11.8. The first-order valence-corrected chi connectivity index (χ1v) is 6.67. The Balaban J connectivity index is 1.92. The van der Waals surface area contributed by atoms with E-state index in [1.165, 1.54) is 0 Å². The third-order valence-corrected chi connectivity index (χ3v) is 3.95. The maximum atomic E-state index is 10.0. The standard InChI is InChI=1S/C14H24N2O2/c1-13(2,17)11-5-7-14(3,18-11)8-6-12-15-9-10-16(12)4/h9-11,17H,5-8H2,1-4H3. The highest BCUT2D eigenvalue weighted by atomic mass is 16.5. The number of rotatable bonds is 4. The third-order valence-electron chi connectivity index (χ3n) is 3.95. The highest BCUT2D eigenvalue weighted by molar-refractivity contribution is 4.96. The lowest BCUT2D eigenvalue weighted by atomic mass is 9.94. The Hall–Kier alpha value is -0.870. The fraction of sp³-hybridized carbons (Fsp3) is 0.786. The largest absolute Gasteiger partial charge is 0.388 e. The van der Waals surface area contributed by atoms with Crippen LogP contribution in [0.5, 0.6) is 0 Å². The van der Waals surface area contributed by atoms with Gasteiger partial charge in [0.2, 0.25) is 0 Å². The van der Waals surface area contributed by atoms with E-state index in [2.05, 4.69) is 11.9 Å². The second-order valence-corrected chi connectivity index (χ2v) is 6.20. The zero-order valence-electron chi connectivity index (χ0n) is 11.8. The zero-order chi connectivity index (χ0) is 13.4. The van der Waals surface area contributed by atoms with Crippen molar-refractivity contribution in [2.24, 2.45) is 7.05 Å². The molecule has 0 bridgehead atoms. The molecule has 1 aromatic heterocycles. The van der Waals surface area contributed by atoms with Gasteiger partial charge < -0.3 is 14.4 Å². The predicted molar refractivity (Wildman–Crippen MR) is 70.3 cm³/mol. The number of imidazole rings is 1. The van der Waals surface area contributed by atoms with Crippen LogP contribution in [0.3, 0.4) is 0 Å². The van der Waals surface area contributed by atoms with E-state index in [-0.39, 0.29) is 11.7 Å². The normalized spacial score (nSPS) is 28.8. The molecule has 2 heterocycles. The van der Waals surface area contributed by atoms with Gasteiger partial charge in [0.05, 0.1) is 17.3 Å². The van der Waals surface area contributed by atoms with Crippen molar-refractivity contribution in [2.45, 2.75) is 63.8 Å².